The van der Waals surface area contributed by atoms with E-state index in [1.54, 1.807) is 0 Å². The summed E-state index contributed by atoms with van der Waals surface area (Å²) in [5.41, 5.74) is 1.42. The van der Waals surface area contributed by atoms with Gasteiger partial charge in [0.25, 0.3) is 0 Å². The number of hydrogen-bond donors (Lipinski definition) is 1. The lowest BCUT2D eigenvalue weighted by atomic mass is 10.0. The van der Waals surface area contributed by atoms with Gasteiger partial charge in [-0.1, -0.05) is 30.3 Å². The normalized spacial score (nSPS) is 29.3. The zero-order valence-electron chi connectivity index (χ0n) is 12.6. The molecule has 1 aliphatic heterocycles. The molecule has 1 aliphatic carbocycles. The van der Waals surface area contributed by atoms with Gasteiger partial charge in [-0.2, -0.15) is 0 Å². The topological polar surface area (TPSA) is 24.5 Å². The summed E-state index contributed by atoms with van der Waals surface area (Å²) in [5.74, 6) is 0. The number of benzene rings is 1. The van der Waals surface area contributed by atoms with Crippen molar-refractivity contribution in [2.45, 2.75) is 51.0 Å². The lowest BCUT2D eigenvalue weighted by Crippen LogP contribution is -2.49. The molecule has 2 aliphatic rings. The maximum Gasteiger partial charge on any atom is 0.0678 e. The van der Waals surface area contributed by atoms with Gasteiger partial charge in [0, 0.05) is 31.7 Å². The molecule has 0 radical (unpaired) electrons. The van der Waals surface area contributed by atoms with Crippen molar-refractivity contribution in [3.05, 3.63) is 35.9 Å². The molecule has 3 rings (SSSR count). The van der Waals surface area contributed by atoms with E-state index < -0.39 is 0 Å². The number of hydrogen-bond acceptors (Lipinski definition) is 3. The summed E-state index contributed by atoms with van der Waals surface area (Å²) in [6.07, 6.45) is 3.34. The molecular weight excluding hydrogens is 248 g/mol. The van der Waals surface area contributed by atoms with E-state index in [0.29, 0.717) is 18.2 Å². The van der Waals surface area contributed by atoms with Gasteiger partial charge in [-0.15, -0.1) is 0 Å². The molecule has 1 saturated heterocycles. The van der Waals surface area contributed by atoms with Crippen LogP contribution >= 0.6 is 0 Å². The van der Waals surface area contributed by atoms with Crippen LogP contribution in [0.1, 0.15) is 38.3 Å². The van der Waals surface area contributed by atoms with E-state index in [1.165, 1.54) is 18.4 Å². The number of nitrogens with zero attached hydrogens (tertiary/aromatic N) is 1. The van der Waals surface area contributed by atoms with Gasteiger partial charge in [0.1, 0.15) is 0 Å². The van der Waals surface area contributed by atoms with Crippen LogP contribution in [0.2, 0.25) is 0 Å². The second-order valence-corrected chi connectivity index (χ2v) is 6.32. The first-order chi connectivity index (χ1) is 9.72. The highest BCUT2D eigenvalue weighted by Gasteiger charge is 2.30. The minimum Gasteiger partial charge on any atom is -0.373 e. The fraction of sp³-hybridized carbons (Fsp3) is 0.647. The average molecular weight is 274 g/mol. The first kappa shape index (κ1) is 14.1. The summed E-state index contributed by atoms with van der Waals surface area (Å²) in [5, 5.41) is 3.70. The second-order valence-electron chi connectivity index (χ2n) is 6.32. The summed E-state index contributed by atoms with van der Waals surface area (Å²) >= 11 is 0. The third-order valence-corrected chi connectivity index (χ3v) is 4.25. The highest BCUT2D eigenvalue weighted by atomic mass is 16.5. The van der Waals surface area contributed by atoms with Gasteiger partial charge in [0.05, 0.1) is 12.2 Å². The summed E-state index contributed by atoms with van der Waals surface area (Å²) in [6, 6.07) is 12.1. The largest absolute Gasteiger partial charge is 0.373 e. The van der Waals surface area contributed by atoms with Crippen molar-refractivity contribution >= 4 is 0 Å². The molecule has 1 aromatic rings. The van der Waals surface area contributed by atoms with Crippen LogP contribution < -0.4 is 5.32 Å². The van der Waals surface area contributed by atoms with E-state index in [1.807, 2.05) is 0 Å². The molecule has 0 amide bonds. The Morgan fingerprint density at radius 2 is 1.80 bits per heavy atom. The summed E-state index contributed by atoms with van der Waals surface area (Å²) in [4.78, 5) is 2.59. The highest BCUT2D eigenvalue weighted by molar-refractivity contribution is 5.20. The molecule has 0 spiro atoms. The van der Waals surface area contributed by atoms with Gasteiger partial charge >= 0.3 is 0 Å². The molecule has 3 atom stereocenters. The van der Waals surface area contributed by atoms with E-state index >= 15 is 0 Å². The maximum atomic E-state index is 5.88. The maximum absolute atomic E-state index is 5.88. The smallest absolute Gasteiger partial charge is 0.0678 e. The zero-order valence-corrected chi connectivity index (χ0v) is 12.6. The van der Waals surface area contributed by atoms with Gasteiger partial charge in [0.2, 0.25) is 0 Å². The van der Waals surface area contributed by atoms with Gasteiger partial charge in [-0.05, 0) is 32.3 Å². The first-order valence-electron chi connectivity index (χ1n) is 7.90. The number of rotatable bonds is 5. The van der Waals surface area contributed by atoms with Crippen molar-refractivity contribution in [3.63, 3.8) is 0 Å². The van der Waals surface area contributed by atoms with E-state index in [2.05, 4.69) is 54.4 Å². The van der Waals surface area contributed by atoms with Crippen molar-refractivity contribution in [2.75, 3.05) is 19.6 Å². The fourth-order valence-electron chi connectivity index (χ4n) is 3.17. The monoisotopic (exact) mass is 274 g/mol. The molecular formula is C17H26N2O. The molecule has 110 valence electrons. The van der Waals surface area contributed by atoms with E-state index in [4.69, 9.17) is 4.74 Å². The SMILES string of the molecule is CC1CN(C(CNC2CC2)c2ccccc2)CC(C)O1. The standard InChI is InChI=1S/C17H26N2O/c1-13-11-19(12-14(2)20-13)17(10-18-16-8-9-16)15-6-4-3-5-7-15/h3-7,13-14,16-18H,8-12H2,1-2H3. The van der Waals surface area contributed by atoms with Gasteiger partial charge in [0.15, 0.2) is 0 Å². The van der Waals surface area contributed by atoms with Crippen molar-refractivity contribution < 1.29 is 4.74 Å². The molecule has 1 aromatic carbocycles. The van der Waals surface area contributed by atoms with E-state index in [-0.39, 0.29) is 0 Å². The average Bonchev–Trinajstić information content (AvgIpc) is 3.23. The van der Waals surface area contributed by atoms with Crippen LogP contribution in [0.15, 0.2) is 30.3 Å². The third-order valence-electron chi connectivity index (χ3n) is 4.25. The fourth-order valence-corrected chi connectivity index (χ4v) is 3.17. The molecule has 0 bridgehead atoms. The minimum absolute atomic E-state index is 0.325. The number of nitrogens with one attached hydrogen (secondary N) is 1. The minimum atomic E-state index is 0.325. The van der Waals surface area contributed by atoms with E-state index in [9.17, 15) is 0 Å². The molecule has 1 heterocycles. The summed E-state index contributed by atoms with van der Waals surface area (Å²) < 4.78 is 5.88. The van der Waals surface area contributed by atoms with Gasteiger partial charge in [-0.3, -0.25) is 4.90 Å². The van der Waals surface area contributed by atoms with Crippen molar-refractivity contribution in [2.24, 2.45) is 0 Å². The first-order valence-corrected chi connectivity index (χ1v) is 7.90. The quantitative estimate of drug-likeness (QED) is 0.893. The molecule has 0 aromatic heterocycles. The number of ether oxygens (including phenoxy) is 1. The van der Waals surface area contributed by atoms with Gasteiger partial charge in [-0.25, -0.2) is 0 Å². The predicted octanol–water partition coefficient (Wildman–Crippen LogP) is 2.59. The van der Waals surface area contributed by atoms with Crippen LogP contribution in [0, 0.1) is 0 Å². The van der Waals surface area contributed by atoms with Crippen LogP contribution in [-0.4, -0.2) is 42.8 Å². The van der Waals surface area contributed by atoms with Crippen LogP contribution in [0.3, 0.4) is 0 Å². The van der Waals surface area contributed by atoms with Crippen molar-refractivity contribution in [1.82, 2.24) is 10.2 Å². The molecule has 3 nitrogen and oxygen atoms in total. The summed E-state index contributed by atoms with van der Waals surface area (Å²) in [6.45, 7) is 7.46. The van der Waals surface area contributed by atoms with Crippen molar-refractivity contribution in [1.29, 1.82) is 0 Å². The Morgan fingerprint density at radius 1 is 1.15 bits per heavy atom. The molecule has 20 heavy (non-hydrogen) atoms. The molecule has 1 N–H and O–H groups in total. The van der Waals surface area contributed by atoms with Crippen LogP contribution in [-0.2, 0) is 4.74 Å². The molecule has 3 unspecified atom stereocenters. The van der Waals surface area contributed by atoms with Crippen LogP contribution in [0.5, 0.6) is 0 Å². The Kier molecular flexibility index (Phi) is 4.39. The summed E-state index contributed by atoms with van der Waals surface area (Å²) in [7, 11) is 0. The predicted molar refractivity (Wildman–Crippen MR) is 81.8 cm³/mol. The number of morpholine rings is 1. The Hall–Kier alpha value is -0.900. The lowest BCUT2D eigenvalue weighted by molar-refractivity contribution is -0.0807. The zero-order chi connectivity index (χ0) is 13.9. The van der Waals surface area contributed by atoms with Crippen LogP contribution in [0.25, 0.3) is 0 Å². The Morgan fingerprint density at radius 3 is 2.40 bits per heavy atom. The lowest BCUT2D eigenvalue weighted by Gasteiger charge is -2.40. The Bertz CT molecular complexity index is 408. The molecule has 2 fully saturated rings. The van der Waals surface area contributed by atoms with Crippen LogP contribution in [0.4, 0.5) is 0 Å². The highest BCUT2D eigenvalue weighted by Crippen LogP contribution is 2.26. The second kappa shape index (κ2) is 6.25. The molecule has 3 heteroatoms. The third kappa shape index (κ3) is 3.60. The molecule has 1 saturated carbocycles. The van der Waals surface area contributed by atoms with Crippen molar-refractivity contribution in [3.8, 4) is 0 Å². The van der Waals surface area contributed by atoms with E-state index in [0.717, 1.165) is 25.7 Å². The Labute approximate surface area is 122 Å². The Balaban J connectivity index is 1.73. The van der Waals surface area contributed by atoms with Gasteiger partial charge < -0.3 is 10.1 Å².